The summed E-state index contributed by atoms with van der Waals surface area (Å²) >= 11 is 6.60. The van der Waals surface area contributed by atoms with Crippen LogP contribution < -0.4 is 9.64 Å². The number of thiocarbonyl (C=S) groups is 1. The number of halogens is 1. The lowest BCUT2D eigenvalue weighted by atomic mass is 10.2. The normalized spacial score (nSPS) is 15.0. The van der Waals surface area contributed by atoms with E-state index >= 15 is 0 Å². The fraction of sp³-hybridized carbons (Fsp3) is 0. The van der Waals surface area contributed by atoms with Gasteiger partial charge in [0.2, 0.25) is 0 Å². The van der Waals surface area contributed by atoms with Crippen LogP contribution in [0, 0.1) is 5.82 Å². The highest BCUT2D eigenvalue weighted by Crippen LogP contribution is 2.36. The van der Waals surface area contributed by atoms with Crippen molar-refractivity contribution in [2.45, 2.75) is 0 Å². The van der Waals surface area contributed by atoms with Gasteiger partial charge >= 0.3 is 5.97 Å². The van der Waals surface area contributed by atoms with Crippen molar-refractivity contribution in [2.75, 3.05) is 4.90 Å². The van der Waals surface area contributed by atoms with Crippen LogP contribution in [0.25, 0.3) is 6.08 Å². The van der Waals surface area contributed by atoms with E-state index in [-0.39, 0.29) is 11.5 Å². The zero-order chi connectivity index (χ0) is 21.1. The number of benzene rings is 3. The average Bonchev–Trinajstić information content (AvgIpc) is 3.03. The molecule has 0 spiro atoms. The lowest BCUT2D eigenvalue weighted by Crippen LogP contribution is -2.27. The number of esters is 1. The zero-order valence-corrected chi connectivity index (χ0v) is 17.1. The average molecular weight is 436 g/mol. The van der Waals surface area contributed by atoms with Crippen molar-refractivity contribution < 1.29 is 18.7 Å². The second-order valence-electron chi connectivity index (χ2n) is 6.32. The van der Waals surface area contributed by atoms with Gasteiger partial charge in [-0.25, -0.2) is 9.18 Å². The van der Waals surface area contributed by atoms with Crippen LogP contribution in [0.15, 0.2) is 83.8 Å². The van der Waals surface area contributed by atoms with E-state index in [1.165, 1.54) is 40.9 Å². The predicted molar refractivity (Wildman–Crippen MR) is 120 cm³/mol. The van der Waals surface area contributed by atoms with E-state index < -0.39 is 11.8 Å². The molecule has 1 amide bonds. The first-order valence-electron chi connectivity index (χ1n) is 8.92. The molecule has 3 aromatic carbocycles. The fourth-order valence-electron chi connectivity index (χ4n) is 2.80. The molecule has 4 nitrogen and oxygen atoms in total. The Balaban J connectivity index is 1.47. The van der Waals surface area contributed by atoms with Crippen LogP contribution in [0.4, 0.5) is 10.1 Å². The van der Waals surface area contributed by atoms with Gasteiger partial charge in [-0.1, -0.05) is 54.3 Å². The van der Waals surface area contributed by atoms with Crippen LogP contribution >= 0.6 is 24.0 Å². The Kier molecular flexibility index (Phi) is 5.74. The summed E-state index contributed by atoms with van der Waals surface area (Å²) in [6.07, 6.45) is 1.74. The lowest BCUT2D eigenvalue weighted by molar-refractivity contribution is -0.113. The number of anilines is 1. The monoisotopic (exact) mass is 435 g/mol. The molecular weight excluding hydrogens is 421 g/mol. The first kappa shape index (κ1) is 20.0. The Morgan fingerprint density at radius 1 is 0.967 bits per heavy atom. The highest BCUT2D eigenvalue weighted by molar-refractivity contribution is 8.27. The Morgan fingerprint density at radius 3 is 2.30 bits per heavy atom. The second-order valence-corrected chi connectivity index (χ2v) is 7.99. The molecule has 1 aliphatic heterocycles. The number of carbonyl (C=O) groups excluding carboxylic acids is 2. The second kappa shape index (κ2) is 8.61. The standard InChI is InChI=1S/C23H14FNO3S2/c24-17-10-8-16(9-11-17)22(27)28-19-12-6-15(7-13-19)14-20-21(26)25(23(29)30-20)18-4-2-1-3-5-18/h1-14H. The molecule has 0 aromatic heterocycles. The van der Waals surface area contributed by atoms with Gasteiger partial charge in [-0.15, -0.1) is 0 Å². The third-order valence-corrected chi connectivity index (χ3v) is 5.58. The lowest BCUT2D eigenvalue weighted by Gasteiger charge is -2.13. The van der Waals surface area contributed by atoms with E-state index in [2.05, 4.69) is 0 Å². The summed E-state index contributed by atoms with van der Waals surface area (Å²) in [5, 5.41) is 0. The largest absolute Gasteiger partial charge is 0.423 e. The predicted octanol–water partition coefficient (Wildman–Crippen LogP) is 5.45. The summed E-state index contributed by atoms with van der Waals surface area (Å²) in [5.41, 5.74) is 1.75. The number of rotatable bonds is 4. The number of para-hydroxylation sites is 1. The molecule has 1 saturated heterocycles. The van der Waals surface area contributed by atoms with Crippen molar-refractivity contribution in [3.05, 3.63) is 101 Å². The van der Waals surface area contributed by atoms with E-state index in [0.29, 0.717) is 15.0 Å². The smallest absolute Gasteiger partial charge is 0.343 e. The molecule has 30 heavy (non-hydrogen) atoms. The molecule has 0 radical (unpaired) electrons. The van der Waals surface area contributed by atoms with Gasteiger partial charge in [0.05, 0.1) is 16.2 Å². The number of amides is 1. The molecule has 0 bridgehead atoms. The highest BCUT2D eigenvalue weighted by atomic mass is 32.2. The Hall–Kier alpha value is -3.29. The minimum Gasteiger partial charge on any atom is -0.423 e. The van der Waals surface area contributed by atoms with E-state index in [1.54, 1.807) is 30.3 Å². The summed E-state index contributed by atoms with van der Waals surface area (Å²) in [5.74, 6) is -0.832. The topological polar surface area (TPSA) is 46.6 Å². The summed E-state index contributed by atoms with van der Waals surface area (Å²) < 4.78 is 18.7. The van der Waals surface area contributed by atoms with E-state index in [9.17, 15) is 14.0 Å². The van der Waals surface area contributed by atoms with Crippen molar-refractivity contribution in [1.82, 2.24) is 0 Å². The maximum absolute atomic E-state index is 13.0. The van der Waals surface area contributed by atoms with Crippen LogP contribution in [-0.4, -0.2) is 16.2 Å². The van der Waals surface area contributed by atoms with Gasteiger partial charge < -0.3 is 4.74 Å². The number of thioether (sulfide) groups is 1. The Bertz CT molecular complexity index is 1140. The van der Waals surface area contributed by atoms with Crippen molar-refractivity contribution in [1.29, 1.82) is 0 Å². The Morgan fingerprint density at radius 2 is 1.63 bits per heavy atom. The minimum atomic E-state index is -0.577. The van der Waals surface area contributed by atoms with Crippen LogP contribution in [0.3, 0.4) is 0 Å². The van der Waals surface area contributed by atoms with Gasteiger partial charge in [-0.2, -0.15) is 0 Å². The van der Waals surface area contributed by atoms with E-state index in [4.69, 9.17) is 17.0 Å². The first-order chi connectivity index (χ1) is 14.5. The van der Waals surface area contributed by atoms with Crippen molar-refractivity contribution in [2.24, 2.45) is 0 Å². The summed E-state index contributed by atoms with van der Waals surface area (Å²) in [7, 11) is 0. The SMILES string of the molecule is O=C(Oc1ccc(C=C2SC(=S)N(c3ccccc3)C2=O)cc1)c1ccc(F)cc1. The van der Waals surface area contributed by atoms with Crippen LogP contribution in [-0.2, 0) is 4.79 Å². The van der Waals surface area contributed by atoms with Crippen LogP contribution in [0.5, 0.6) is 5.75 Å². The first-order valence-corrected chi connectivity index (χ1v) is 10.1. The zero-order valence-electron chi connectivity index (χ0n) is 15.4. The molecule has 0 saturated carbocycles. The summed E-state index contributed by atoms with van der Waals surface area (Å²) in [6, 6.07) is 21.1. The number of ether oxygens (including phenoxy) is 1. The van der Waals surface area contributed by atoms with Crippen LogP contribution in [0.2, 0.25) is 0 Å². The molecule has 148 valence electrons. The van der Waals surface area contributed by atoms with Gasteiger partial charge in [0.25, 0.3) is 5.91 Å². The minimum absolute atomic E-state index is 0.178. The summed E-state index contributed by atoms with van der Waals surface area (Å²) in [6.45, 7) is 0. The molecule has 1 aliphatic rings. The van der Waals surface area contributed by atoms with E-state index in [0.717, 1.165) is 11.3 Å². The maximum atomic E-state index is 13.0. The molecule has 7 heteroatoms. The molecule has 0 atom stereocenters. The Labute approximate surface area is 182 Å². The third kappa shape index (κ3) is 4.32. The van der Waals surface area contributed by atoms with Crippen LogP contribution in [0.1, 0.15) is 15.9 Å². The molecule has 0 aliphatic carbocycles. The van der Waals surface area contributed by atoms with Gasteiger partial charge in [0.1, 0.15) is 11.6 Å². The molecule has 0 N–H and O–H groups in total. The van der Waals surface area contributed by atoms with Gasteiger partial charge in [0, 0.05) is 0 Å². The van der Waals surface area contributed by atoms with Crippen molar-refractivity contribution >= 4 is 51.9 Å². The number of hydrogen-bond acceptors (Lipinski definition) is 5. The third-order valence-electron chi connectivity index (χ3n) is 4.28. The van der Waals surface area contributed by atoms with Gasteiger partial charge in [0.15, 0.2) is 4.32 Å². The number of hydrogen-bond donors (Lipinski definition) is 0. The molecule has 3 aromatic rings. The summed E-state index contributed by atoms with van der Waals surface area (Å²) in [4.78, 5) is 26.9. The maximum Gasteiger partial charge on any atom is 0.343 e. The molecule has 1 fully saturated rings. The molecule has 4 rings (SSSR count). The van der Waals surface area contributed by atoms with Crippen molar-refractivity contribution in [3.8, 4) is 5.75 Å². The molecule has 0 unspecified atom stereocenters. The van der Waals surface area contributed by atoms with Gasteiger partial charge in [-0.05, 0) is 60.2 Å². The highest BCUT2D eigenvalue weighted by Gasteiger charge is 2.33. The van der Waals surface area contributed by atoms with Crippen molar-refractivity contribution in [3.63, 3.8) is 0 Å². The fourth-order valence-corrected chi connectivity index (χ4v) is 4.10. The van der Waals surface area contributed by atoms with Gasteiger partial charge in [-0.3, -0.25) is 9.69 Å². The quantitative estimate of drug-likeness (QED) is 0.236. The van der Waals surface area contributed by atoms with E-state index in [1.807, 2.05) is 30.3 Å². The number of nitrogens with zero attached hydrogens (tertiary/aromatic N) is 1. The molecule has 1 heterocycles. The number of carbonyl (C=O) groups is 2. The molecular formula is C23H14FNO3S2.